The van der Waals surface area contributed by atoms with Crippen molar-refractivity contribution in [3.63, 3.8) is 0 Å². The Hall–Kier alpha value is -1.02. The molecule has 2 heteroatoms. The fraction of sp³-hybridized carbons (Fsp3) is 0.455. The fourth-order valence-corrected chi connectivity index (χ4v) is 2.02. The van der Waals surface area contributed by atoms with Crippen molar-refractivity contribution in [3.8, 4) is 0 Å². The van der Waals surface area contributed by atoms with E-state index in [1.54, 1.807) is 4.90 Å². The van der Waals surface area contributed by atoms with Gasteiger partial charge in [0, 0.05) is 24.1 Å². The van der Waals surface area contributed by atoms with Gasteiger partial charge in [0.15, 0.2) is 0 Å². The molecule has 0 spiro atoms. The number of quaternary nitrogens is 1. The van der Waals surface area contributed by atoms with Crippen molar-refractivity contribution < 1.29 is 4.90 Å². The van der Waals surface area contributed by atoms with Crippen LogP contribution in [0.15, 0.2) is 24.3 Å². The Balaban J connectivity index is 2.04. The van der Waals surface area contributed by atoms with Crippen molar-refractivity contribution in [2.24, 2.45) is 0 Å². The normalized spacial score (nSPS) is 17.8. The zero-order chi connectivity index (χ0) is 9.10. The summed E-state index contributed by atoms with van der Waals surface area (Å²) in [5, 5.41) is 0. The Morgan fingerprint density at radius 1 is 1.15 bits per heavy atom. The molecule has 1 saturated heterocycles. The van der Waals surface area contributed by atoms with Crippen molar-refractivity contribution in [3.05, 3.63) is 29.8 Å². The van der Waals surface area contributed by atoms with Crippen LogP contribution in [0.3, 0.4) is 0 Å². The molecule has 70 valence electrons. The third-order valence-corrected chi connectivity index (χ3v) is 2.81. The van der Waals surface area contributed by atoms with E-state index in [4.69, 9.17) is 5.73 Å². The molecule has 1 heterocycles. The summed E-state index contributed by atoms with van der Waals surface area (Å²) in [6.45, 7) is 3.73. The highest BCUT2D eigenvalue weighted by Gasteiger charge is 2.16. The minimum atomic E-state index is 0.946. The molecule has 13 heavy (non-hydrogen) atoms. The average Bonchev–Trinajstić information content (AvgIpc) is 2.61. The van der Waals surface area contributed by atoms with Gasteiger partial charge in [-0.1, -0.05) is 18.2 Å². The van der Waals surface area contributed by atoms with Gasteiger partial charge in [-0.15, -0.1) is 0 Å². The number of nitrogen functional groups attached to an aromatic ring is 1. The van der Waals surface area contributed by atoms with E-state index in [0.717, 1.165) is 12.2 Å². The highest BCUT2D eigenvalue weighted by Crippen LogP contribution is 2.08. The third kappa shape index (κ3) is 2.01. The highest BCUT2D eigenvalue weighted by atomic mass is 15.1. The molecule has 1 aromatic carbocycles. The largest absolute Gasteiger partial charge is 0.398 e. The van der Waals surface area contributed by atoms with Gasteiger partial charge in [-0.2, -0.15) is 0 Å². The summed E-state index contributed by atoms with van der Waals surface area (Å²) in [6, 6.07) is 8.20. The smallest absolute Gasteiger partial charge is 0.105 e. The van der Waals surface area contributed by atoms with E-state index >= 15 is 0 Å². The van der Waals surface area contributed by atoms with Crippen LogP contribution < -0.4 is 10.6 Å². The van der Waals surface area contributed by atoms with E-state index in [-0.39, 0.29) is 0 Å². The number of hydrogen-bond donors (Lipinski definition) is 2. The van der Waals surface area contributed by atoms with E-state index in [9.17, 15) is 0 Å². The lowest BCUT2D eigenvalue weighted by Crippen LogP contribution is -3.08. The zero-order valence-corrected chi connectivity index (χ0v) is 7.92. The van der Waals surface area contributed by atoms with E-state index in [1.165, 1.54) is 31.5 Å². The van der Waals surface area contributed by atoms with Crippen LogP contribution in [0.4, 0.5) is 5.69 Å². The van der Waals surface area contributed by atoms with Gasteiger partial charge < -0.3 is 10.6 Å². The maximum absolute atomic E-state index is 5.89. The van der Waals surface area contributed by atoms with Crippen LogP contribution in [0, 0.1) is 0 Å². The first kappa shape index (κ1) is 8.57. The second-order valence-electron chi connectivity index (χ2n) is 3.83. The van der Waals surface area contributed by atoms with Crippen LogP contribution in [0.25, 0.3) is 0 Å². The number of nitrogens with two attached hydrogens (primary N) is 1. The van der Waals surface area contributed by atoms with Crippen LogP contribution in [0.2, 0.25) is 0 Å². The second-order valence-corrected chi connectivity index (χ2v) is 3.83. The van der Waals surface area contributed by atoms with Gasteiger partial charge in [0.1, 0.15) is 6.54 Å². The summed E-state index contributed by atoms with van der Waals surface area (Å²) in [7, 11) is 0. The van der Waals surface area contributed by atoms with Crippen LogP contribution in [0.1, 0.15) is 18.4 Å². The molecule has 0 atom stereocenters. The lowest BCUT2D eigenvalue weighted by Gasteiger charge is -2.13. The molecule has 1 fully saturated rings. The van der Waals surface area contributed by atoms with Gasteiger partial charge >= 0.3 is 0 Å². The van der Waals surface area contributed by atoms with Crippen LogP contribution >= 0.6 is 0 Å². The van der Waals surface area contributed by atoms with Gasteiger partial charge in [-0.3, -0.25) is 0 Å². The summed E-state index contributed by atoms with van der Waals surface area (Å²) in [4.78, 5) is 1.68. The Morgan fingerprint density at radius 3 is 2.54 bits per heavy atom. The second kappa shape index (κ2) is 3.79. The van der Waals surface area contributed by atoms with Gasteiger partial charge in [-0.25, -0.2) is 0 Å². The molecular weight excluding hydrogens is 160 g/mol. The summed E-state index contributed by atoms with van der Waals surface area (Å²) in [6.07, 6.45) is 2.75. The van der Waals surface area contributed by atoms with Crippen LogP contribution in [0.5, 0.6) is 0 Å². The third-order valence-electron chi connectivity index (χ3n) is 2.81. The molecule has 3 N–H and O–H groups in total. The molecule has 0 amide bonds. The summed E-state index contributed by atoms with van der Waals surface area (Å²) < 4.78 is 0. The van der Waals surface area contributed by atoms with Gasteiger partial charge in [0.05, 0.1) is 13.1 Å². The molecule has 1 aliphatic heterocycles. The van der Waals surface area contributed by atoms with Crippen molar-refractivity contribution >= 4 is 5.69 Å². The zero-order valence-electron chi connectivity index (χ0n) is 7.92. The first-order valence-electron chi connectivity index (χ1n) is 5.03. The number of benzene rings is 1. The lowest BCUT2D eigenvalue weighted by atomic mass is 10.2. The Labute approximate surface area is 79.4 Å². The first-order valence-corrected chi connectivity index (χ1v) is 5.03. The molecule has 0 bridgehead atoms. The predicted molar refractivity (Wildman–Crippen MR) is 54.5 cm³/mol. The number of para-hydroxylation sites is 1. The lowest BCUT2D eigenvalue weighted by molar-refractivity contribution is -0.901. The molecule has 1 aliphatic rings. The molecule has 0 aromatic heterocycles. The van der Waals surface area contributed by atoms with E-state index in [1.807, 2.05) is 12.1 Å². The van der Waals surface area contributed by atoms with E-state index in [2.05, 4.69) is 12.1 Å². The average molecular weight is 177 g/mol. The number of rotatable bonds is 2. The fourth-order valence-electron chi connectivity index (χ4n) is 2.02. The van der Waals surface area contributed by atoms with Gasteiger partial charge in [-0.05, 0) is 6.07 Å². The summed E-state index contributed by atoms with van der Waals surface area (Å²) >= 11 is 0. The maximum Gasteiger partial charge on any atom is 0.105 e. The maximum atomic E-state index is 5.89. The molecule has 2 rings (SSSR count). The molecule has 0 saturated carbocycles. The van der Waals surface area contributed by atoms with Crippen molar-refractivity contribution in [2.45, 2.75) is 19.4 Å². The van der Waals surface area contributed by atoms with Crippen LogP contribution in [-0.4, -0.2) is 13.1 Å². The van der Waals surface area contributed by atoms with Gasteiger partial charge in [0.25, 0.3) is 0 Å². The number of anilines is 1. The monoisotopic (exact) mass is 177 g/mol. The Kier molecular flexibility index (Phi) is 2.50. The van der Waals surface area contributed by atoms with Gasteiger partial charge in [0.2, 0.25) is 0 Å². The van der Waals surface area contributed by atoms with Crippen molar-refractivity contribution in [1.82, 2.24) is 0 Å². The summed E-state index contributed by atoms with van der Waals surface area (Å²) in [5.74, 6) is 0. The molecule has 0 unspecified atom stereocenters. The minimum absolute atomic E-state index is 0.946. The SMILES string of the molecule is Nc1ccccc1C[NH+]1CCCC1. The highest BCUT2D eigenvalue weighted by molar-refractivity contribution is 5.45. The molecule has 1 aromatic rings. The molecule has 0 radical (unpaired) electrons. The first-order chi connectivity index (χ1) is 6.36. The predicted octanol–water partition coefficient (Wildman–Crippen LogP) is 0.447. The summed E-state index contributed by atoms with van der Waals surface area (Å²) in [5.41, 5.74) is 8.14. The van der Waals surface area contributed by atoms with E-state index in [0.29, 0.717) is 0 Å². The van der Waals surface area contributed by atoms with Crippen molar-refractivity contribution in [2.75, 3.05) is 18.8 Å². The molecular formula is C11H17N2+. The number of hydrogen-bond acceptors (Lipinski definition) is 1. The van der Waals surface area contributed by atoms with Crippen LogP contribution in [-0.2, 0) is 6.54 Å². The standard InChI is InChI=1S/C11H16N2/c12-11-6-2-1-5-10(11)9-13-7-3-4-8-13/h1-2,5-6H,3-4,7-9,12H2/p+1. The minimum Gasteiger partial charge on any atom is -0.398 e. The number of likely N-dealkylation sites (tertiary alicyclic amines) is 1. The Bertz CT molecular complexity index is 277. The van der Waals surface area contributed by atoms with E-state index < -0.39 is 0 Å². The molecule has 0 aliphatic carbocycles. The Morgan fingerprint density at radius 2 is 1.85 bits per heavy atom. The van der Waals surface area contributed by atoms with Crippen molar-refractivity contribution in [1.29, 1.82) is 0 Å². The molecule has 2 nitrogen and oxygen atoms in total. The quantitative estimate of drug-likeness (QED) is 0.631. The number of nitrogens with one attached hydrogen (secondary N) is 1. The topological polar surface area (TPSA) is 30.5 Å².